The first-order chi connectivity index (χ1) is 11.0. The van der Waals surface area contributed by atoms with E-state index >= 15 is 0 Å². The van der Waals surface area contributed by atoms with Gasteiger partial charge in [-0.2, -0.15) is 0 Å². The maximum Gasteiger partial charge on any atom is 0.239 e. The number of nitrogens with two attached hydrogens (primary N) is 2. The number of nitrogens with one attached hydrogen (secondary N) is 1. The average Bonchev–Trinajstić information content (AvgIpc) is 2.46. The van der Waals surface area contributed by atoms with Gasteiger partial charge in [0.25, 0.3) is 0 Å². The number of benzene rings is 2. The van der Waals surface area contributed by atoms with Gasteiger partial charge in [-0.1, -0.05) is 0 Å². The van der Waals surface area contributed by atoms with Crippen molar-refractivity contribution in [2.75, 3.05) is 11.1 Å². The van der Waals surface area contributed by atoms with E-state index in [4.69, 9.17) is 10.9 Å². The quantitative estimate of drug-likeness (QED) is 0.675. The van der Waals surface area contributed by atoms with Gasteiger partial charge in [0.05, 0.1) is 9.79 Å². The summed E-state index contributed by atoms with van der Waals surface area (Å²) < 4.78 is 48.7. The molecule has 0 spiro atoms. The predicted molar refractivity (Wildman–Crippen MR) is 88.4 cm³/mol. The SMILES string of the molecule is CC(=O)Nc1ccc(S(=O)(=O)c2ccc(N)cc2S(N)(=O)=O)cc1. The Balaban J connectivity index is 2.58. The van der Waals surface area contributed by atoms with Crippen LogP contribution >= 0.6 is 0 Å². The molecule has 0 saturated heterocycles. The van der Waals surface area contributed by atoms with Gasteiger partial charge in [0, 0.05) is 18.3 Å². The van der Waals surface area contributed by atoms with E-state index in [0.717, 1.165) is 12.1 Å². The van der Waals surface area contributed by atoms with Crippen molar-refractivity contribution in [3.63, 3.8) is 0 Å². The summed E-state index contributed by atoms with van der Waals surface area (Å²) in [6.07, 6.45) is 0. The lowest BCUT2D eigenvalue weighted by molar-refractivity contribution is -0.114. The molecular formula is C14H15N3O5S2. The molecule has 2 aromatic carbocycles. The summed E-state index contributed by atoms with van der Waals surface area (Å²) in [6.45, 7) is 1.32. The minimum Gasteiger partial charge on any atom is -0.399 e. The Morgan fingerprint density at radius 2 is 1.54 bits per heavy atom. The Morgan fingerprint density at radius 1 is 0.958 bits per heavy atom. The molecule has 24 heavy (non-hydrogen) atoms. The molecule has 0 saturated carbocycles. The van der Waals surface area contributed by atoms with Gasteiger partial charge in [-0.25, -0.2) is 22.0 Å². The molecule has 0 radical (unpaired) electrons. The number of carbonyl (C=O) groups is 1. The van der Waals surface area contributed by atoms with Crippen LogP contribution in [0.15, 0.2) is 57.2 Å². The fourth-order valence-electron chi connectivity index (χ4n) is 2.02. The second-order valence-electron chi connectivity index (χ2n) is 4.96. The Hall–Kier alpha value is -2.43. The van der Waals surface area contributed by atoms with Crippen molar-refractivity contribution in [1.82, 2.24) is 0 Å². The molecule has 5 N–H and O–H groups in total. The minimum atomic E-state index is -4.29. The molecule has 0 aliphatic carbocycles. The van der Waals surface area contributed by atoms with Gasteiger partial charge in [-0.05, 0) is 42.5 Å². The van der Waals surface area contributed by atoms with Crippen molar-refractivity contribution in [3.05, 3.63) is 42.5 Å². The van der Waals surface area contributed by atoms with Crippen LogP contribution in [0, 0.1) is 0 Å². The van der Waals surface area contributed by atoms with E-state index in [9.17, 15) is 21.6 Å². The lowest BCUT2D eigenvalue weighted by Gasteiger charge is -2.11. The molecule has 10 heteroatoms. The van der Waals surface area contributed by atoms with Crippen LogP contribution in [-0.2, 0) is 24.7 Å². The Morgan fingerprint density at radius 3 is 2.04 bits per heavy atom. The second-order valence-corrected chi connectivity index (χ2v) is 8.41. The Bertz CT molecular complexity index is 997. The van der Waals surface area contributed by atoms with Gasteiger partial charge >= 0.3 is 0 Å². The van der Waals surface area contributed by atoms with Crippen LogP contribution in [0.3, 0.4) is 0 Å². The van der Waals surface area contributed by atoms with E-state index in [2.05, 4.69) is 5.32 Å². The average molecular weight is 369 g/mol. The zero-order chi connectivity index (χ0) is 18.1. The first kappa shape index (κ1) is 17.9. The minimum absolute atomic E-state index is 0.0685. The highest BCUT2D eigenvalue weighted by Gasteiger charge is 2.26. The lowest BCUT2D eigenvalue weighted by atomic mass is 10.3. The topological polar surface area (TPSA) is 149 Å². The van der Waals surface area contributed by atoms with Gasteiger partial charge in [0.1, 0.15) is 4.90 Å². The van der Waals surface area contributed by atoms with Crippen LogP contribution in [0.25, 0.3) is 0 Å². The van der Waals surface area contributed by atoms with Crippen LogP contribution in [-0.4, -0.2) is 22.7 Å². The van der Waals surface area contributed by atoms with Crippen molar-refractivity contribution >= 4 is 37.1 Å². The summed E-state index contributed by atoms with van der Waals surface area (Å²) in [5.41, 5.74) is 5.99. The standard InChI is InChI=1S/C14H15N3O5S2/c1-9(18)17-11-3-5-12(6-4-11)23(19,20)13-7-2-10(15)8-14(13)24(16,21)22/h2-8H,15H2,1H3,(H,17,18)(H2,16,21,22). The summed E-state index contributed by atoms with van der Waals surface area (Å²) in [5, 5.41) is 7.59. The van der Waals surface area contributed by atoms with Gasteiger partial charge in [0.15, 0.2) is 0 Å². The van der Waals surface area contributed by atoms with Gasteiger partial charge in [0.2, 0.25) is 25.8 Å². The number of sulfonamides is 1. The van der Waals surface area contributed by atoms with Crippen LogP contribution in [0.5, 0.6) is 0 Å². The first-order valence-corrected chi connectivity index (χ1v) is 9.60. The molecule has 8 nitrogen and oxygen atoms in total. The van der Waals surface area contributed by atoms with Crippen molar-refractivity contribution in [1.29, 1.82) is 0 Å². The Labute approximate surface area is 139 Å². The van der Waals surface area contributed by atoms with Gasteiger partial charge < -0.3 is 11.1 Å². The third-order valence-electron chi connectivity index (χ3n) is 3.05. The summed E-state index contributed by atoms with van der Waals surface area (Å²) in [4.78, 5) is 9.79. The molecule has 2 rings (SSSR count). The van der Waals surface area contributed by atoms with E-state index in [1.54, 1.807) is 0 Å². The van der Waals surface area contributed by atoms with Crippen LogP contribution < -0.4 is 16.2 Å². The monoisotopic (exact) mass is 369 g/mol. The number of hydrogen-bond donors (Lipinski definition) is 3. The van der Waals surface area contributed by atoms with E-state index < -0.39 is 29.7 Å². The van der Waals surface area contributed by atoms with E-state index in [1.165, 1.54) is 37.3 Å². The number of rotatable bonds is 4. The summed E-state index contributed by atoms with van der Waals surface area (Å²) in [5.74, 6) is -0.305. The fraction of sp³-hybridized carbons (Fsp3) is 0.0714. The van der Waals surface area contributed by atoms with Crippen LogP contribution in [0.4, 0.5) is 11.4 Å². The second kappa shape index (κ2) is 6.23. The highest BCUT2D eigenvalue weighted by molar-refractivity contribution is 7.93. The summed E-state index contributed by atoms with van der Waals surface area (Å²) in [6, 6.07) is 8.64. The maximum atomic E-state index is 12.7. The molecule has 0 heterocycles. The molecule has 0 aliphatic heterocycles. The molecule has 0 bridgehead atoms. The first-order valence-electron chi connectivity index (χ1n) is 6.57. The van der Waals surface area contributed by atoms with Crippen LogP contribution in [0.2, 0.25) is 0 Å². The summed E-state index contributed by atoms with van der Waals surface area (Å²) >= 11 is 0. The number of hydrogen-bond acceptors (Lipinski definition) is 6. The van der Waals surface area contributed by atoms with Crippen LogP contribution in [0.1, 0.15) is 6.92 Å². The van der Waals surface area contributed by atoms with Gasteiger partial charge in [-0.3, -0.25) is 4.79 Å². The van der Waals surface area contributed by atoms with E-state index in [-0.39, 0.29) is 16.5 Å². The molecule has 0 unspecified atom stereocenters. The number of sulfone groups is 1. The molecule has 1 amide bonds. The largest absolute Gasteiger partial charge is 0.399 e. The zero-order valence-corrected chi connectivity index (χ0v) is 14.2. The molecule has 128 valence electrons. The van der Waals surface area contributed by atoms with Gasteiger partial charge in [-0.15, -0.1) is 0 Å². The van der Waals surface area contributed by atoms with Crippen molar-refractivity contribution in [2.45, 2.75) is 21.6 Å². The molecule has 0 atom stereocenters. The number of amides is 1. The maximum absolute atomic E-state index is 12.7. The fourth-order valence-corrected chi connectivity index (χ4v) is 4.66. The smallest absolute Gasteiger partial charge is 0.239 e. The van der Waals surface area contributed by atoms with Crippen molar-refractivity contribution < 1.29 is 21.6 Å². The van der Waals surface area contributed by atoms with E-state index in [0.29, 0.717) is 5.69 Å². The predicted octanol–water partition coefficient (Wildman–Crippen LogP) is 0.707. The highest BCUT2D eigenvalue weighted by Crippen LogP contribution is 2.28. The molecule has 0 aliphatic rings. The molecule has 2 aromatic rings. The van der Waals surface area contributed by atoms with Crippen molar-refractivity contribution in [3.8, 4) is 0 Å². The normalized spacial score (nSPS) is 11.9. The number of anilines is 2. The molecule has 0 fully saturated rings. The third kappa shape index (κ3) is 3.72. The van der Waals surface area contributed by atoms with Crippen molar-refractivity contribution in [2.24, 2.45) is 5.14 Å². The number of nitrogen functional groups attached to an aromatic ring is 1. The molecule has 0 aromatic heterocycles. The van der Waals surface area contributed by atoms with E-state index in [1.807, 2.05) is 0 Å². The third-order valence-corrected chi connectivity index (χ3v) is 5.96. The Kier molecular flexibility index (Phi) is 4.65. The highest BCUT2D eigenvalue weighted by atomic mass is 32.2. The molecular weight excluding hydrogens is 354 g/mol. The number of primary sulfonamides is 1. The zero-order valence-electron chi connectivity index (χ0n) is 12.6. The summed E-state index contributed by atoms with van der Waals surface area (Å²) in [7, 11) is -8.43. The lowest BCUT2D eigenvalue weighted by Crippen LogP contribution is -2.17. The number of carbonyl (C=O) groups excluding carboxylic acids is 1.